The number of rotatable bonds is 5. The van der Waals surface area contributed by atoms with Crippen LogP contribution in [-0.2, 0) is 29.0 Å². The predicted molar refractivity (Wildman–Crippen MR) is 81.4 cm³/mol. The molecule has 0 radical (unpaired) electrons. The fourth-order valence-electron chi connectivity index (χ4n) is 3.11. The highest BCUT2D eigenvalue weighted by atomic mass is 16.2. The fraction of sp³-hybridized carbons (Fsp3) is 0.600. The number of hydrogen-bond donors (Lipinski definition) is 3. The van der Waals surface area contributed by atoms with Crippen LogP contribution in [0.2, 0.25) is 0 Å². The minimum Gasteiger partial charge on any atom is -0.340 e. The van der Waals surface area contributed by atoms with E-state index in [9.17, 15) is 14.4 Å². The third-order valence-corrected chi connectivity index (χ3v) is 4.46. The summed E-state index contributed by atoms with van der Waals surface area (Å²) in [6.45, 7) is 0.466. The lowest BCUT2D eigenvalue weighted by Crippen LogP contribution is -2.32. The van der Waals surface area contributed by atoms with Crippen LogP contribution < -0.4 is 10.6 Å². The number of carbonyl (C=O) groups excluding carboxylic acids is 3. The maximum Gasteiger partial charge on any atom is 0.322 e. The van der Waals surface area contributed by atoms with Crippen molar-refractivity contribution < 1.29 is 14.4 Å². The topological polar surface area (TPSA) is 107 Å². The Bertz CT molecular complexity index is 639. The first-order valence-corrected chi connectivity index (χ1v) is 7.95. The van der Waals surface area contributed by atoms with Crippen molar-refractivity contribution in [3.05, 3.63) is 17.0 Å². The van der Waals surface area contributed by atoms with Crippen molar-refractivity contribution in [3.63, 3.8) is 0 Å². The monoisotopic (exact) mass is 319 g/mol. The molecule has 2 heterocycles. The number of aryl methyl sites for hydroxylation is 1. The summed E-state index contributed by atoms with van der Waals surface area (Å²) in [5.74, 6) is -0.432. The number of amides is 4. The van der Waals surface area contributed by atoms with E-state index in [0.717, 1.165) is 25.0 Å². The van der Waals surface area contributed by atoms with Crippen molar-refractivity contribution in [2.45, 2.75) is 51.1 Å². The van der Waals surface area contributed by atoms with Gasteiger partial charge in [-0.1, -0.05) is 0 Å². The van der Waals surface area contributed by atoms with Crippen molar-refractivity contribution in [2.24, 2.45) is 0 Å². The molecule has 0 spiro atoms. The summed E-state index contributed by atoms with van der Waals surface area (Å²) in [4.78, 5) is 36.3. The molecule has 0 bridgehead atoms. The van der Waals surface area contributed by atoms with Crippen molar-refractivity contribution in [1.82, 2.24) is 25.7 Å². The average molecular weight is 319 g/mol. The lowest BCUT2D eigenvalue weighted by atomic mass is 9.96. The molecule has 0 unspecified atom stereocenters. The van der Waals surface area contributed by atoms with Gasteiger partial charge in [-0.05, 0) is 37.7 Å². The molecule has 3 N–H and O–H groups in total. The van der Waals surface area contributed by atoms with Crippen molar-refractivity contribution in [3.8, 4) is 0 Å². The quantitative estimate of drug-likeness (QED) is 0.675. The van der Waals surface area contributed by atoms with E-state index in [-0.39, 0.29) is 18.2 Å². The molecule has 8 heteroatoms. The van der Waals surface area contributed by atoms with Crippen LogP contribution in [0.15, 0.2) is 0 Å². The van der Waals surface area contributed by atoms with Gasteiger partial charge in [0, 0.05) is 19.2 Å². The first-order chi connectivity index (χ1) is 11.0. The summed E-state index contributed by atoms with van der Waals surface area (Å²) in [5.41, 5.74) is 3.37. The van der Waals surface area contributed by atoms with Gasteiger partial charge < -0.3 is 10.2 Å². The molecule has 0 aromatic carbocycles. The Labute approximate surface area is 134 Å². The van der Waals surface area contributed by atoms with Crippen LogP contribution >= 0.6 is 0 Å². The number of nitrogens with one attached hydrogen (secondary N) is 3. The molecule has 1 fully saturated rings. The third-order valence-electron chi connectivity index (χ3n) is 4.46. The second-order valence-corrected chi connectivity index (χ2v) is 6.14. The summed E-state index contributed by atoms with van der Waals surface area (Å²) in [6, 6.07) is -1.11. The van der Waals surface area contributed by atoms with E-state index >= 15 is 0 Å². The van der Waals surface area contributed by atoms with Crippen LogP contribution in [0.1, 0.15) is 42.6 Å². The van der Waals surface area contributed by atoms with Crippen molar-refractivity contribution in [1.29, 1.82) is 0 Å². The van der Waals surface area contributed by atoms with Gasteiger partial charge in [0.2, 0.25) is 5.91 Å². The van der Waals surface area contributed by atoms with Crippen LogP contribution in [-0.4, -0.2) is 46.0 Å². The van der Waals surface area contributed by atoms with Gasteiger partial charge in [-0.2, -0.15) is 5.10 Å². The molecule has 1 aliphatic carbocycles. The second kappa shape index (κ2) is 6.39. The van der Waals surface area contributed by atoms with Gasteiger partial charge in [0.25, 0.3) is 5.91 Å². The molecule has 3 rings (SSSR count). The standard InChI is InChI=1S/C15H21N5O3/c1-20(8-12-9-4-2-3-5-10(9)18-19-12)13(21)7-6-11-14(22)17-15(23)16-11/h11H,2-8H2,1H3,(H,18,19)(H2,16,17,22,23)/t11-/m1/s1. The van der Waals surface area contributed by atoms with E-state index in [4.69, 9.17) is 0 Å². The van der Waals surface area contributed by atoms with Crippen LogP contribution in [0.5, 0.6) is 0 Å². The Kier molecular flexibility index (Phi) is 4.31. The molecular formula is C15H21N5O3. The largest absolute Gasteiger partial charge is 0.340 e. The van der Waals surface area contributed by atoms with Gasteiger partial charge in [-0.3, -0.25) is 20.0 Å². The average Bonchev–Trinajstić information content (AvgIpc) is 3.08. The summed E-state index contributed by atoms with van der Waals surface area (Å²) in [6.07, 6.45) is 4.89. The van der Waals surface area contributed by atoms with E-state index in [0.29, 0.717) is 13.0 Å². The zero-order valence-corrected chi connectivity index (χ0v) is 13.1. The first-order valence-electron chi connectivity index (χ1n) is 7.95. The van der Waals surface area contributed by atoms with Crippen LogP contribution in [0.25, 0.3) is 0 Å². The number of hydrogen-bond acceptors (Lipinski definition) is 4. The number of nitrogens with zero attached hydrogens (tertiary/aromatic N) is 2. The smallest absolute Gasteiger partial charge is 0.322 e. The number of H-pyrrole nitrogens is 1. The summed E-state index contributed by atoms with van der Waals surface area (Å²) < 4.78 is 0. The molecular weight excluding hydrogens is 298 g/mol. The molecule has 1 aliphatic heterocycles. The molecule has 1 aromatic rings. The van der Waals surface area contributed by atoms with Crippen molar-refractivity contribution in [2.75, 3.05) is 7.05 Å². The lowest BCUT2D eigenvalue weighted by Gasteiger charge is -2.18. The van der Waals surface area contributed by atoms with E-state index < -0.39 is 12.1 Å². The molecule has 0 saturated carbocycles. The van der Waals surface area contributed by atoms with Gasteiger partial charge in [0.15, 0.2) is 0 Å². The summed E-state index contributed by atoms with van der Waals surface area (Å²) in [7, 11) is 1.74. The molecule has 124 valence electrons. The number of carbonyl (C=O) groups is 3. The van der Waals surface area contributed by atoms with Gasteiger partial charge in [-0.15, -0.1) is 0 Å². The minimum atomic E-state index is -0.613. The Balaban J connectivity index is 1.53. The van der Waals surface area contributed by atoms with Crippen LogP contribution in [0.4, 0.5) is 4.79 Å². The predicted octanol–water partition coefficient (Wildman–Crippen LogP) is 0.235. The molecule has 8 nitrogen and oxygen atoms in total. The number of aromatic nitrogens is 2. The molecule has 1 aromatic heterocycles. The van der Waals surface area contributed by atoms with Gasteiger partial charge >= 0.3 is 6.03 Å². The normalized spacial score (nSPS) is 20.0. The number of urea groups is 1. The summed E-state index contributed by atoms with van der Waals surface area (Å²) in [5, 5.41) is 12.1. The van der Waals surface area contributed by atoms with E-state index in [1.807, 2.05) is 0 Å². The third kappa shape index (κ3) is 3.35. The van der Waals surface area contributed by atoms with Crippen LogP contribution in [0.3, 0.4) is 0 Å². The molecule has 1 saturated heterocycles. The highest BCUT2D eigenvalue weighted by molar-refractivity contribution is 6.04. The van der Waals surface area contributed by atoms with Crippen molar-refractivity contribution >= 4 is 17.8 Å². The highest BCUT2D eigenvalue weighted by Crippen LogP contribution is 2.23. The number of aromatic amines is 1. The maximum absolute atomic E-state index is 12.2. The van der Waals surface area contributed by atoms with Gasteiger partial charge in [-0.25, -0.2) is 4.79 Å². The van der Waals surface area contributed by atoms with Gasteiger partial charge in [0.1, 0.15) is 6.04 Å². The second-order valence-electron chi connectivity index (χ2n) is 6.14. The molecule has 2 aliphatic rings. The number of fused-ring (bicyclic) bond motifs is 1. The highest BCUT2D eigenvalue weighted by Gasteiger charge is 2.30. The first kappa shape index (κ1) is 15.5. The fourth-order valence-corrected chi connectivity index (χ4v) is 3.11. The summed E-state index contributed by atoms with van der Waals surface area (Å²) >= 11 is 0. The number of imide groups is 1. The SMILES string of the molecule is CN(Cc1n[nH]c2c1CCCC2)C(=O)CC[C@H]1NC(=O)NC1=O. The zero-order valence-electron chi connectivity index (χ0n) is 13.1. The Morgan fingerprint density at radius 1 is 1.30 bits per heavy atom. The lowest BCUT2D eigenvalue weighted by molar-refractivity contribution is -0.130. The maximum atomic E-state index is 12.2. The Morgan fingerprint density at radius 2 is 2.09 bits per heavy atom. The zero-order chi connectivity index (χ0) is 16.4. The van der Waals surface area contributed by atoms with E-state index in [1.165, 1.54) is 17.7 Å². The Morgan fingerprint density at radius 3 is 2.83 bits per heavy atom. The van der Waals surface area contributed by atoms with E-state index in [1.54, 1.807) is 11.9 Å². The molecule has 1 atom stereocenters. The van der Waals surface area contributed by atoms with Crippen LogP contribution in [0, 0.1) is 0 Å². The molecule has 23 heavy (non-hydrogen) atoms. The van der Waals surface area contributed by atoms with Gasteiger partial charge in [0.05, 0.1) is 12.2 Å². The van der Waals surface area contributed by atoms with E-state index in [2.05, 4.69) is 20.8 Å². The minimum absolute atomic E-state index is 0.0634. The Hall–Kier alpha value is -2.38. The molecule has 4 amide bonds.